The van der Waals surface area contributed by atoms with E-state index in [0.717, 1.165) is 4.47 Å². The van der Waals surface area contributed by atoms with Gasteiger partial charge in [-0.3, -0.25) is 4.79 Å². The van der Waals surface area contributed by atoms with Crippen LogP contribution in [-0.2, 0) is 7.05 Å². The van der Waals surface area contributed by atoms with Gasteiger partial charge in [0.1, 0.15) is 11.2 Å². The van der Waals surface area contributed by atoms with Gasteiger partial charge in [0.15, 0.2) is 0 Å². The third-order valence-corrected chi connectivity index (χ3v) is 2.83. The van der Waals surface area contributed by atoms with Crippen LogP contribution in [0.1, 0.15) is 0 Å². The van der Waals surface area contributed by atoms with E-state index >= 15 is 0 Å². The molecule has 110 valence electrons. The number of pyridine rings is 1. The lowest BCUT2D eigenvalue weighted by atomic mass is 10.4. The number of fused-ring (bicyclic) bond motifs is 1. The minimum atomic E-state index is -0.185. The fourth-order valence-electron chi connectivity index (χ4n) is 1.52. The average Bonchev–Trinajstić information content (AvgIpc) is 2.85. The Balaban J connectivity index is 0.000000497. The van der Waals surface area contributed by atoms with E-state index in [1.165, 1.54) is 10.7 Å². The molecule has 3 aromatic rings. The molecular weight excluding hydrogens is 383 g/mol. The molecule has 6 nitrogen and oxygen atoms in total. The lowest BCUT2D eigenvalue weighted by Gasteiger charge is -1.96. The van der Waals surface area contributed by atoms with Crippen LogP contribution >= 0.6 is 39.1 Å². The summed E-state index contributed by atoms with van der Waals surface area (Å²) in [7, 11) is 1.57. The summed E-state index contributed by atoms with van der Waals surface area (Å²) in [6.45, 7) is 0. The first-order chi connectivity index (χ1) is 10.0. The van der Waals surface area contributed by atoms with Crippen molar-refractivity contribution in [3.63, 3.8) is 0 Å². The summed E-state index contributed by atoms with van der Waals surface area (Å²) in [5.41, 5.74) is 1.38. The van der Waals surface area contributed by atoms with E-state index in [1.807, 2.05) is 0 Å². The maximum absolute atomic E-state index is 11.3. The van der Waals surface area contributed by atoms with Crippen molar-refractivity contribution >= 4 is 50.4 Å². The molecular formula is C12H9BrCl2N4O2. The number of hydrogen-bond donors (Lipinski definition) is 0. The zero-order valence-electron chi connectivity index (χ0n) is 10.8. The van der Waals surface area contributed by atoms with Crippen molar-refractivity contribution in [1.82, 2.24) is 19.7 Å². The first-order valence-corrected chi connectivity index (χ1v) is 7.50. The van der Waals surface area contributed by atoms with Crippen molar-refractivity contribution in [3.8, 4) is 11.6 Å². The highest BCUT2D eigenvalue weighted by Crippen LogP contribution is 2.22. The highest BCUT2D eigenvalue weighted by atomic mass is 79.9. The number of alkyl halides is 2. The fourth-order valence-corrected chi connectivity index (χ4v) is 1.84. The van der Waals surface area contributed by atoms with Crippen LogP contribution in [0.2, 0.25) is 0 Å². The van der Waals surface area contributed by atoms with Gasteiger partial charge in [-0.05, 0) is 28.1 Å². The van der Waals surface area contributed by atoms with Gasteiger partial charge in [0.2, 0.25) is 11.6 Å². The van der Waals surface area contributed by atoms with Gasteiger partial charge in [-0.2, -0.15) is 5.10 Å². The Labute approximate surface area is 137 Å². The van der Waals surface area contributed by atoms with Crippen molar-refractivity contribution in [2.75, 3.05) is 5.34 Å². The largest absolute Gasteiger partial charge is 0.416 e. The standard InChI is InChI=1S/C11H7BrN4O2.CH2Cl2/c1-16-9(17)3-2-7(15-16)11-14-8-4-6(12)5-13-10(8)18-11;2-1-3/h2-5H,1H3;1H2. The quantitative estimate of drug-likeness (QED) is 0.595. The number of rotatable bonds is 1. The number of oxazole rings is 1. The lowest BCUT2D eigenvalue weighted by Crippen LogP contribution is -2.18. The van der Waals surface area contributed by atoms with Crippen molar-refractivity contribution in [2.45, 2.75) is 0 Å². The van der Waals surface area contributed by atoms with Gasteiger partial charge in [-0.15, -0.1) is 23.2 Å². The molecule has 0 spiro atoms. The highest BCUT2D eigenvalue weighted by molar-refractivity contribution is 9.10. The monoisotopic (exact) mass is 390 g/mol. The van der Waals surface area contributed by atoms with Crippen LogP contribution in [0, 0.1) is 0 Å². The Morgan fingerprint density at radius 2 is 2.10 bits per heavy atom. The topological polar surface area (TPSA) is 73.8 Å². The van der Waals surface area contributed by atoms with E-state index in [0.29, 0.717) is 22.8 Å². The molecule has 0 aliphatic carbocycles. The van der Waals surface area contributed by atoms with E-state index in [2.05, 4.69) is 31.0 Å². The number of hydrogen-bond acceptors (Lipinski definition) is 5. The summed E-state index contributed by atoms with van der Waals surface area (Å²) >= 11 is 12.8. The SMILES string of the molecule is ClCCl.Cn1nc(-c2nc3cc(Br)cnc3o2)ccc1=O. The predicted molar refractivity (Wildman–Crippen MR) is 84.5 cm³/mol. The Morgan fingerprint density at radius 1 is 1.38 bits per heavy atom. The molecule has 0 saturated carbocycles. The van der Waals surface area contributed by atoms with E-state index < -0.39 is 0 Å². The third-order valence-electron chi connectivity index (χ3n) is 2.39. The maximum atomic E-state index is 11.3. The van der Waals surface area contributed by atoms with E-state index in [4.69, 9.17) is 27.6 Å². The smallest absolute Gasteiger partial charge is 0.266 e. The molecule has 0 unspecified atom stereocenters. The summed E-state index contributed by atoms with van der Waals surface area (Å²) in [4.78, 5) is 19.6. The van der Waals surface area contributed by atoms with Crippen LogP contribution in [-0.4, -0.2) is 25.1 Å². The molecule has 0 fully saturated rings. The third kappa shape index (κ3) is 3.81. The van der Waals surface area contributed by atoms with Crippen molar-refractivity contribution in [2.24, 2.45) is 7.05 Å². The van der Waals surface area contributed by atoms with Gasteiger partial charge in [-0.25, -0.2) is 14.6 Å². The minimum Gasteiger partial charge on any atom is -0.416 e. The number of nitrogens with zero attached hydrogens (tertiary/aromatic N) is 4. The summed E-state index contributed by atoms with van der Waals surface area (Å²) in [5, 5.41) is 4.26. The van der Waals surface area contributed by atoms with Gasteiger partial charge in [0, 0.05) is 23.8 Å². The van der Waals surface area contributed by atoms with E-state index in [9.17, 15) is 4.79 Å². The average molecular weight is 392 g/mol. The second-order valence-corrected chi connectivity index (χ2v) is 5.50. The second-order valence-electron chi connectivity index (χ2n) is 3.78. The molecule has 0 saturated heterocycles. The predicted octanol–water partition coefficient (Wildman–Crippen LogP) is 3.17. The molecule has 3 heterocycles. The molecule has 0 N–H and O–H groups in total. The zero-order valence-corrected chi connectivity index (χ0v) is 13.9. The van der Waals surface area contributed by atoms with Crippen molar-refractivity contribution in [3.05, 3.63) is 39.2 Å². The van der Waals surface area contributed by atoms with Crippen LogP contribution in [0.5, 0.6) is 0 Å². The van der Waals surface area contributed by atoms with Gasteiger partial charge >= 0.3 is 0 Å². The zero-order chi connectivity index (χ0) is 15.4. The summed E-state index contributed by atoms with van der Waals surface area (Å²) < 4.78 is 7.54. The molecule has 21 heavy (non-hydrogen) atoms. The number of aromatic nitrogens is 4. The Bertz CT molecular complexity index is 818. The Morgan fingerprint density at radius 3 is 2.76 bits per heavy atom. The van der Waals surface area contributed by atoms with Gasteiger partial charge in [0.05, 0.1) is 5.34 Å². The first kappa shape index (κ1) is 15.9. The molecule has 0 aromatic carbocycles. The first-order valence-electron chi connectivity index (χ1n) is 5.64. The molecule has 0 aliphatic rings. The Hall–Kier alpha value is -1.44. The van der Waals surface area contributed by atoms with Gasteiger partial charge in [-0.1, -0.05) is 0 Å². The fraction of sp³-hybridized carbons (Fsp3) is 0.167. The van der Waals surface area contributed by atoms with Crippen molar-refractivity contribution < 1.29 is 4.42 Å². The minimum absolute atomic E-state index is 0.185. The Kier molecular flexibility index (Phi) is 5.33. The number of aryl methyl sites for hydroxylation is 1. The van der Waals surface area contributed by atoms with Crippen LogP contribution in [0.25, 0.3) is 22.8 Å². The lowest BCUT2D eigenvalue weighted by molar-refractivity contribution is 0.596. The van der Waals surface area contributed by atoms with Crippen molar-refractivity contribution in [1.29, 1.82) is 0 Å². The maximum Gasteiger partial charge on any atom is 0.266 e. The van der Waals surface area contributed by atoms with Crippen LogP contribution in [0.4, 0.5) is 0 Å². The van der Waals surface area contributed by atoms with Crippen LogP contribution in [0.3, 0.4) is 0 Å². The summed E-state index contributed by atoms with van der Waals surface area (Å²) in [6, 6.07) is 4.79. The highest BCUT2D eigenvalue weighted by Gasteiger charge is 2.11. The number of halogens is 3. The molecule has 0 atom stereocenters. The van der Waals surface area contributed by atoms with E-state index in [1.54, 1.807) is 25.4 Å². The molecule has 0 amide bonds. The second kappa shape index (κ2) is 7.02. The van der Waals surface area contributed by atoms with Gasteiger partial charge in [0.25, 0.3) is 5.56 Å². The normalized spacial score (nSPS) is 10.3. The molecule has 0 aliphatic heterocycles. The molecule has 3 aromatic heterocycles. The molecule has 9 heteroatoms. The summed E-state index contributed by atoms with van der Waals surface area (Å²) in [5.74, 6) is 0.339. The van der Waals surface area contributed by atoms with E-state index in [-0.39, 0.29) is 10.9 Å². The molecule has 0 bridgehead atoms. The van der Waals surface area contributed by atoms with Crippen LogP contribution < -0.4 is 5.56 Å². The summed E-state index contributed by atoms with van der Waals surface area (Å²) in [6.07, 6.45) is 1.63. The molecule has 0 radical (unpaired) electrons. The van der Waals surface area contributed by atoms with Crippen LogP contribution in [0.15, 0.2) is 38.1 Å². The molecule has 3 rings (SSSR count). The van der Waals surface area contributed by atoms with Gasteiger partial charge < -0.3 is 4.42 Å².